The molecule has 7 heteroatoms. The number of aromatic hydroxyl groups is 1. The van der Waals surface area contributed by atoms with Crippen molar-refractivity contribution >= 4 is 22.8 Å². The van der Waals surface area contributed by atoms with E-state index in [0.717, 1.165) is 48.5 Å². The molecule has 7 nitrogen and oxygen atoms in total. The standard InChI is InChI=1S/C18H22N6O/c19-12-4-6-13(7-5-12)22-17-11-16(18-20-8-9-24(18)23-17)21-14-2-1-3-15(25)10-14/h1-3,8-13,21,25H,4-7,19H2,(H,22,23). The summed E-state index contributed by atoms with van der Waals surface area (Å²) in [5.74, 6) is 1.02. The van der Waals surface area contributed by atoms with E-state index >= 15 is 0 Å². The van der Waals surface area contributed by atoms with E-state index in [-0.39, 0.29) is 5.75 Å². The van der Waals surface area contributed by atoms with Gasteiger partial charge >= 0.3 is 0 Å². The number of imidazole rings is 1. The predicted molar refractivity (Wildman–Crippen MR) is 98.2 cm³/mol. The molecule has 25 heavy (non-hydrogen) atoms. The SMILES string of the molecule is NC1CCC(Nc2cc(Nc3cccc(O)c3)c3nccn3n2)CC1. The fourth-order valence-corrected chi connectivity index (χ4v) is 3.29. The molecular formula is C18H22N6O. The van der Waals surface area contributed by atoms with Crippen LogP contribution in [-0.2, 0) is 0 Å². The Labute approximate surface area is 145 Å². The number of nitrogens with zero attached hydrogens (tertiary/aromatic N) is 3. The molecule has 0 amide bonds. The lowest BCUT2D eigenvalue weighted by molar-refractivity contribution is 0.410. The molecule has 1 aliphatic rings. The number of phenolic OH excluding ortho intramolecular Hbond substituents is 1. The fourth-order valence-electron chi connectivity index (χ4n) is 3.29. The highest BCUT2D eigenvalue weighted by molar-refractivity contribution is 5.76. The molecular weight excluding hydrogens is 316 g/mol. The summed E-state index contributed by atoms with van der Waals surface area (Å²) in [6.45, 7) is 0. The van der Waals surface area contributed by atoms with Crippen molar-refractivity contribution in [3.8, 4) is 5.75 Å². The zero-order chi connectivity index (χ0) is 17.2. The molecule has 0 radical (unpaired) electrons. The Morgan fingerprint density at radius 2 is 2.00 bits per heavy atom. The Kier molecular flexibility index (Phi) is 4.15. The van der Waals surface area contributed by atoms with Crippen LogP contribution in [0.2, 0.25) is 0 Å². The van der Waals surface area contributed by atoms with Crippen LogP contribution in [0, 0.1) is 0 Å². The van der Waals surface area contributed by atoms with Gasteiger partial charge in [0.15, 0.2) is 5.65 Å². The van der Waals surface area contributed by atoms with Gasteiger partial charge in [-0.1, -0.05) is 6.07 Å². The number of hydrogen-bond acceptors (Lipinski definition) is 6. The van der Waals surface area contributed by atoms with Gasteiger partial charge in [-0.25, -0.2) is 9.50 Å². The van der Waals surface area contributed by atoms with Gasteiger partial charge in [0.05, 0.1) is 5.69 Å². The first kappa shape index (κ1) is 15.7. The molecule has 0 atom stereocenters. The van der Waals surface area contributed by atoms with Crippen LogP contribution in [0.15, 0.2) is 42.7 Å². The number of aromatic nitrogens is 3. The van der Waals surface area contributed by atoms with Crippen LogP contribution < -0.4 is 16.4 Å². The van der Waals surface area contributed by atoms with Crippen molar-refractivity contribution in [2.75, 3.05) is 10.6 Å². The fraction of sp³-hybridized carbons (Fsp3) is 0.333. The molecule has 1 fully saturated rings. The molecule has 2 heterocycles. The molecule has 2 aromatic heterocycles. The Morgan fingerprint density at radius 3 is 2.80 bits per heavy atom. The minimum Gasteiger partial charge on any atom is -0.508 e. The lowest BCUT2D eigenvalue weighted by Crippen LogP contribution is -2.33. The summed E-state index contributed by atoms with van der Waals surface area (Å²) in [6, 6.07) is 9.69. The van der Waals surface area contributed by atoms with E-state index in [4.69, 9.17) is 5.73 Å². The number of phenols is 1. The summed E-state index contributed by atoms with van der Waals surface area (Å²) in [5.41, 5.74) is 8.35. The number of hydrogen-bond donors (Lipinski definition) is 4. The molecule has 1 aromatic carbocycles. The predicted octanol–water partition coefficient (Wildman–Crippen LogP) is 2.86. The maximum Gasteiger partial charge on any atom is 0.177 e. The number of anilines is 3. The number of benzene rings is 1. The summed E-state index contributed by atoms with van der Waals surface area (Å²) >= 11 is 0. The first-order valence-electron chi connectivity index (χ1n) is 8.60. The quantitative estimate of drug-likeness (QED) is 0.584. The largest absolute Gasteiger partial charge is 0.508 e. The van der Waals surface area contributed by atoms with Crippen molar-refractivity contribution < 1.29 is 5.11 Å². The van der Waals surface area contributed by atoms with E-state index in [2.05, 4.69) is 20.7 Å². The molecule has 0 aliphatic heterocycles. The van der Waals surface area contributed by atoms with Crippen LogP contribution in [0.25, 0.3) is 5.65 Å². The van der Waals surface area contributed by atoms with Gasteiger partial charge in [-0.2, -0.15) is 0 Å². The minimum absolute atomic E-state index is 0.218. The van der Waals surface area contributed by atoms with Crippen molar-refractivity contribution in [1.29, 1.82) is 0 Å². The van der Waals surface area contributed by atoms with Crippen molar-refractivity contribution in [3.63, 3.8) is 0 Å². The van der Waals surface area contributed by atoms with Crippen LogP contribution >= 0.6 is 0 Å². The summed E-state index contributed by atoms with van der Waals surface area (Å²) in [7, 11) is 0. The van der Waals surface area contributed by atoms with E-state index in [9.17, 15) is 5.11 Å². The molecule has 3 aromatic rings. The first-order chi connectivity index (χ1) is 12.2. The second-order valence-corrected chi connectivity index (χ2v) is 6.57. The molecule has 1 aliphatic carbocycles. The van der Waals surface area contributed by atoms with Crippen LogP contribution in [0.1, 0.15) is 25.7 Å². The maximum atomic E-state index is 9.66. The summed E-state index contributed by atoms with van der Waals surface area (Å²) in [6.07, 6.45) is 7.74. The maximum absolute atomic E-state index is 9.66. The number of fused-ring (bicyclic) bond motifs is 1. The highest BCUT2D eigenvalue weighted by atomic mass is 16.3. The van der Waals surface area contributed by atoms with Gasteiger partial charge < -0.3 is 21.5 Å². The van der Waals surface area contributed by atoms with Gasteiger partial charge in [-0.05, 0) is 37.8 Å². The Bertz CT molecular complexity index is 869. The van der Waals surface area contributed by atoms with E-state index in [1.807, 2.05) is 18.3 Å². The zero-order valence-corrected chi connectivity index (χ0v) is 13.9. The molecule has 4 rings (SSSR count). The van der Waals surface area contributed by atoms with Crippen LogP contribution in [0.4, 0.5) is 17.2 Å². The smallest absolute Gasteiger partial charge is 0.177 e. The summed E-state index contributed by atoms with van der Waals surface area (Å²) in [5, 5.41) is 21.1. The highest BCUT2D eigenvalue weighted by Gasteiger charge is 2.19. The highest BCUT2D eigenvalue weighted by Crippen LogP contribution is 2.27. The normalized spacial score (nSPS) is 20.5. The Morgan fingerprint density at radius 1 is 1.16 bits per heavy atom. The molecule has 0 spiro atoms. The molecule has 5 N–H and O–H groups in total. The zero-order valence-electron chi connectivity index (χ0n) is 13.9. The molecule has 0 saturated heterocycles. The van der Waals surface area contributed by atoms with Crippen LogP contribution in [0.5, 0.6) is 5.75 Å². The van der Waals surface area contributed by atoms with E-state index in [1.165, 1.54) is 0 Å². The minimum atomic E-state index is 0.218. The molecule has 0 unspecified atom stereocenters. The van der Waals surface area contributed by atoms with Crippen LogP contribution in [0.3, 0.4) is 0 Å². The Hall–Kier alpha value is -2.80. The lowest BCUT2D eigenvalue weighted by atomic mass is 9.92. The first-order valence-corrected chi connectivity index (χ1v) is 8.60. The molecule has 1 saturated carbocycles. The number of nitrogens with one attached hydrogen (secondary N) is 2. The van der Waals surface area contributed by atoms with E-state index in [0.29, 0.717) is 12.1 Å². The average Bonchev–Trinajstić information content (AvgIpc) is 3.06. The lowest BCUT2D eigenvalue weighted by Gasteiger charge is -2.27. The van der Waals surface area contributed by atoms with Gasteiger partial charge in [0, 0.05) is 42.3 Å². The number of nitrogens with two attached hydrogens (primary N) is 1. The van der Waals surface area contributed by atoms with Gasteiger partial charge in [-0.15, -0.1) is 5.10 Å². The van der Waals surface area contributed by atoms with E-state index in [1.54, 1.807) is 28.9 Å². The topological polar surface area (TPSA) is 100 Å². The molecule has 0 bridgehead atoms. The third-order valence-electron chi connectivity index (χ3n) is 4.61. The van der Waals surface area contributed by atoms with Gasteiger partial charge in [0.1, 0.15) is 11.6 Å². The van der Waals surface area contributed by atoms with Crippen molar-refractivity contribution in [1.82, 2.24) is 14.6 Å². The van der Waals surface area contributed by atoms with Gasteiger partial charge in [-0.3, -0.25) is 0 Å². The van der Waals surface area contributed by atoms with Gasteiger partial charge in [0.25, 0.3) is 0 Å². The van der Waals surface area contributed by atoms with E-state index < -0.39 is 0 Å². The third-order valence-corrected chi connectivity index (χ3v) is 4.61. The third kappa shape index (κ3) is 3.51. The Balaban J connectivity index is 1.60. The van der Waals surface area contributed by atoms with Crippen LogP contribution in [-0.4, -0.2) is 31.8 Å². The second-order valence-electron chi connectivity index (χ2n) is 6.57. The average molecular weight is 338 g/mol. The second kappa shape index (κ2) is 6.60. The monoisotopic (exact) mass is 338 g/mol. The van der Waals surface area contributed by atoms with Crippen molar-refractivity contribution in [2.24, 2.45) is 5.73 Å². The van der Waals surface area contributed by atoms with Crippen molar-refractivity contribution in [2.45, 2.75) is 37.8 Å². The van der Waals surface area contributed by atoms with Gasteiger partial charge in [0.2, 0.25) is 0 Å². The van der Waals surface area contributed by atoms with Crippen molar-refractivity contribution in [3.05, 3.63) is 42.7 Å². The number of rotatable bonds is 4. The molecule has 130 valence electrons. The summed E-state index contributed by atoms with van der Waals surface area (Å²) < 4.78 is 1.75. The summed E-state index contributed by atoms with van der Waals surface area (Å²) in [4.78, 5) is 4.37.